The van der Waals surface area contributed by atoms with Crippen molar-refractivity contribution in [1.82, 2.24) is 4.90 Å². The second-order valence-electron chi connectivity index (χ2n) is 4.14. The van der Waals surface area contributed by atoms with Crippen molar-refractivity contribution in [2.45, 2.75) is 25.8 Å². The molecule has 2 amide bonds. The topological polar surface area (TPSA) is 56.1 Å². The summed E-state index contributed by atoms with van der Waals surface area (Å²) in [6, 6.07) is 9.33. The fourth-order valence-electron chi connectivity index (χ4n) is 1.82. The summed E-state index contributed by atoms with van der Waals surface area (Å²) in [6.07, 6.45) is 2.19. The standard InChI is InChI=1S/C13H15N3O/c1-2-16(12-6-7-12)13(17)15-11-5-3-4-10(8-11)9-14/h3-5,8,12H,2,6-7H2,1H3,(H,15,17). The summed E-state index contributed by atoms with van der Waals surface area (Å²) in [4.78, 5) is 13.8. The molecule has 0 unspecified atom stereocenters. The molecule has 0 heterocycles. The van der Waals surface area contributed by atoms with Gasteiger partial charge in [0.05, 0.1) is 11.6 Å². The van der Waals surface area contributed by atoms with E-state index in [1.165, 1.54) is 0 Å². The molecule has 1 fully saturated rings. The molecule has 4 heteroatoms. The van der Waals surface area contributed by atoms with Crippen molar-refractivity contribution >= 4 is 11.7 Å². The Morgan fingerprint density at radius 2 is 2.35 bits per heavy atom. The van der Waals surface area contributed by atoms with E-state index in [0.717, 1.165) is 12.8 Å². The van der Waals surface area contributed by atoms with Crippen molar-refractivity contribution in [3.8, 4) is 6.07 Å². The summed E-state index contributed by atoms with van der Waals surface area (Å²) < 4.78 is 0. The smallest absolute Gasteiger partial charge is 0.322 e. The summed E-state index contributed by atoms with van der Waals surface area (Å²) in [5, 5.41) is 11.6. The van der Waals surface area contributed by atoms with Gasteiger partial charge in [-0.3, -0.25) is 0 Å². The third-order valence-corrected chi connectivity index (χ3v) is 2.83. The van der Waals surface area contributed by atoms with E-state index in [2.05, 4.69) is 11.4 Å². The molecule has 1 aliphatic carbocycles. The van der Waals surface area contributed by atoms with Gasteiger partial charge >= 0.3 is 6.03 Å². The average Bonchev–Trinajstić information content (AvgIpc) is 3.15. The minimum Gasteiger partial charge on any atom is -0.322 e. The number of amides is 2. The van der Waals surface area contributed by atoms with Crippen LogP contribution in [0.4, 0.5) is 10.5 Å². The first-order valence-electron chi connectivity index (χ1n) is 5.82. The zero-order valence-electron chi connectivity index (χ0n) is 9.81. The molecule has 4 nitrogen and oxygen atoms in total. The Labute approximate surface area is 101 Å². The van der Waals surface area contributed by atoms with Crippen molar-refractivity contribution in [2.24, 2.45) is 0 Å². The first kappa shape index (κ1) is 11.5. The van der Waals surface area contributed by atoms with Crippen LogP contribution < -0.4 is 5.32 Å². The quantitative estimate of drug-likeness (QED) is 0.866. The maximum Gasteiger partial charge on any atom is 0.322 e. The monoisotopic (exact) mass is 229 g/mol. The SMILES string of the molecule is CCN(C(=O)Nc1cccc(C#N)c1)C1CC1. The largest absolute Gasteiger partial charge is 0.322 e. The highest BCUT2D eigenvalue weighted by Gasteiger charge is 2.31. The summed E-state index contributed by atoms with van der Waals surface area (Å²) in [5.41, 5.74) is 1.23. The van der Waals surface area contributed by atoms with E-state index >= 15 is 0 Å². The van der Waals surface area contributed by atoms with Crippen LogP contribution in [0.3, 0.4) is 0 Å². The van der Waals surface area contributed by atoms with Gasteiger partial charge < -0.3 is 10.2 Å². The van der Waals surface area contributed by atoms with Crippen LogP contribution in [0.25, 0.3) is 0 Å². The van der Waals surface area contributed by atoms with Crippen LogP contribution in [0.15, 0.2) is 24.3 Å². The third kappa shape index (κ3) is 2.76. The molecule has 17 heavy (non-hydrogen) atoms. The summed E-state index contributed by atoms with van der Waals surface area (Å²) in [5.74, 6) is 0. The normalized spacial score (nSPS) is 13.9. The zero-order valence-corrected chi connectivity index (χ0v) is 9.81. The van der Waals surface area contributed by atoms with Crippen LogP contribution in [-0.4, -0.2) is 23.5 Å². The van der Waals surface area contributed by atoms with Crippen LogP contribution in [-0.2, 0) is 0 Å². The molecule has 1 N–H and O–H groups in total. The number of hydrogen-bond donors (Lipinski definition) is 1. The first-order valence-corrected chi connectivity index (χ1v) is 5.82. The lowest BCUT2D eigenvalue weighted by Gasteiger charge is -2.20. The summed E-state index contributed by atoms with van der Waals surface area (Å²) >= 11 is 0. The highest BCUT2D eigenvalue weighted by molar-refractivity contribution is 5.89. The number of nitrogens with one attached hydrogen (secondary N) is 1. The van der Waals surface area contributed by atoms with Crippen LogP contribution in [0, 0.1) is 11.3 Å². The van der Waals surface area contributed by atoms with E-state index in [0.29, 0.717) is 23.8 Å². The Hall–Kier alpha value is -2.02. The number of anilines is 1. The van der Waals surface area contributed by atoms with Crippen LogP contribution in [0.1, 0.15) is 25.3 Å². The molecule has 0 radical (unpaired) electrons. The van der Waals surface area contributed by atoms with Gasteiger partial charge in [0.2, 0.25) is 0 Å². The van der Waals surface area contributed by atoms with Gasteiger partial charge in [0.1, 0.15) is 0 Å². The predicted molar refractivity (Wildman–Crippen MR) is 65.6 cm³/mol. The first-order chi connectivity index (χ1) is 8.24. The van der Waals surface area contributed by atoms with E-state index in [-0.39, 0.29) is 6.03 Å². The Morgan fingerprint density at radius 1 is 1.59 bits per heavy atom. The maximum absolute atomic E-state index is 12.0. The van der Waals surface area contributed by atoms with Gasteiger partial charge in [-0.15, -0.1) is 0 Å². The van der Waals surface area contributed by atoms with Crippen molar-refractivity contribution in [1.29, 1.82) is 5.26 Å². The Bertz CT molecular complexity index is 460. The number of benzene rings is 1. The van der Waals surface area contributed by atoms with Gasteiger partial charge in [0.25, 0.3) is 0 Å². The lowest BCUT2D eigenvalue weighted by molar-refractivity contribution is 0.212. The number of hydrogen-bond acceptors (Lipinski definition) is 2. The second kappa shape index (κ2) is 4.88. The highest BCUT2D eigenvalue weighted by Crippen LogP contribution is 2.27. The van der Waals surface area contributed by atoms with Crippen molar-refractivity contribution in [2.75, 3.05) is 11.9 Å². The Kier molecular flexibility index (Phi) is 3.29. The molecule has 2 rings (SSSR count). The molecule has 1 aliphatic rings. The van der Waals surface area contributed by atoms with Crippen molar-refractivity contribution < 1.29 is 4.79 Å². The molecule has 1 saturated carbocycles. The van der Waals surface area contributed by atoms with Gasteiger partial charge in [-0.05, 0) is 38.0 Å². The minimum absolute atomic E-state index is 0.0786. The number of urea groups is 1. The van der Waals surface area contributed by atoms with E-state index in [4.69, 9.17) is 5.26 Å². The Morgan fingerprint density at radius 3 is 2.94 bits per heavy atom. The predicted octanol–water partition coefficient (Wildman–Crippen LogP) is 2.57. The van der Waals surface area contributed by atoms with Gasteiger partial charge in [0.15, 0.2) is 0 Å². The number of carbonyl (C=O) groups excluding carboxylic acids is 1. The van der Waals surface area contributed by atoms with E-state index in [1.54, 1.807) is 24.3 Å². The van der Waals surface area contributed by atoms with Crippen molar-refractivity contribution in [3.05, 3.63) is 29.8 Å². The second-order valence-corrected chi connectivity index (χ2v) is 4.14. The zero-order chi connectivity index (χ0) is 12.3. The van der Waals surface area contributed by atoms with Gasteiger partial charge in [0, 0.05) is 18.3 Å². The Balaban J connectivity index is 2.04. The molecule has 88 valence electrons. The fourth-order valence-corrected chi connectivity index (χ4v) is 1.82. The summed E-state index contributed by atoms with van der Waals surface area (Å²) in [6.45, 7) is 2.69. The molecule has 0 bridgehead atoms. The lowest BCUT2D eigenvalue weighted by atomic mass is 10.2. The number of carbonyl (C=O) groups is 1. The molecule has 0 aromatic heterocycles. The van der Waals surface area contributed by atoms with E-state index < -0.39 is 0 Å². The summed E-state index contributed by atoms with van der Waals surface area (Å²) in [7, 11) is 0. The molecule has 0 saturated heterocycles. The molecule has 0 spiro atoms. The number of nitrogens with zero attached hydrogens (tertiary/aromatic N) is 2. The van der Waals surface area contributed by atoms with E-state index in [1.807, 2.05) is 11.8 Å². The van der Waals surface area contributed by atoms with Crippen molar-refractivity contribution in [3.63, 3.8) is 0 Å². The molecule has 1 aromatic carbocycles. The van der Waals surface area contributed by atoms with E-state index in [9.17, 15) is 4.79 Å². The molecule has 1 aromatic rings. The van der Waals surface area contributed by atoms with Gasteiger partial charge in [-0.2, -0.15) is 5.26 Å². The van der Waals surface area contributed by atoms with Crippen LogP contribution >= 0.6 is 0 Å². The molecular formula is C13H15N3O. The van der Waals surface area contributed by atoms with Crippen LogP contribution in [0.2, 0.25) is 0 Å². The molecular weight excluding hydrogens is 214 g/mol. The third-order valence-electron chi connectivity index (χ3n) is 2.83. The maximum atomic E-state index is 12.0. The van der Waals surface area contributed by atoms with Gasteiger partial charge in [-0.1, -0.05) is 6.07 Å². The molecule has 0 atom stereocenters. The fraction of sp³-hybridized carbons (Fsp3) is 0.385. The minimum atomic E-state index is -0.0786. The van der Waals surface area contributed by atoms with Gasteiger partial charge in [-0.25, -0.2) is 4.79 Å². The molecule has 0 aliphatic heterocycles. The van der Waals surface area contributed by atoms with Crippen LogP contribution in [0.5, 0.6) is 0 Å². The lowest BCUT2D eigenvalue weighted by Crippen LogP contribution is -2.36. The number of nitriles is 1. The highest BCUT2D eigenvalue weighted by atomic mass is 16.2. The number of rotatable bonds is 3. The average molecular weight is 229 g/mol.